The summed E-state index contributed by atoms with van der Waals surface area (Å²) < 4.78 is 4.65. The number of nitrogens with one attached hydrogen (secondary N) is 2. The summed E-state index contributed by atoms with van der Waals surface area (Å²) in [7, 11) is 0. The van der Waals surface area contributed by atoms with Crippen molar-refractivity contribution < 1.29 is 24.0 Å². The SMILES string of the molecule is O=C(NNC(=O)[C@@H]1CC[C@@H]2CN1C(=O)N2O)c1cocn1. The molecule has 2 saturated heterocycles. The molecule has 0 radical (unpaired) electrons. The second-order valence-electron chi connectivity index (χ2n) is 4.84. The summed E-state index contributed by atoms with van der Waals surface area (Å²) in [4.78, 5) is 40.3. The number of urea groups is 1. The second kappa shape index (κ2) is 5.05. The minimum Gasteiger partial charge on any atom is -0.451 e. The summed E-state index contributed by atoms with van der Waals surface area (Å²) in [6.45, 7) is 0.296. The summed E-state index contributed by atoms with van der Waals surface area (Å²) in [5.41, 5.74) is 4.46. The molecule has 2 aliphatic rings. The van der Waals surface area contributed by atoms with E-state index in [2.05, 4.69) is 20.3 Å². The number of rotatable bonds is 2. The number of oxazole rings is 1. The van der Waals surface area contributed by atoms with Gasteiger partial charge in [0, 0.05) is 6.54 Å². The predicted molar refractivity (Wildman–Crippen MR) is 64.6 cm³/mol. The van der Waals surface area contributed by atoms with Crippen molar-refractivity contribution in [1.29, 1.82) is 0 Å². The Labute approximate surface area is 118 Å². The number of nitrogens with zero attached hydrogens (tertiary/aromatic N) is 3. The van der Waals surface area contributed by atoms with E-state index in [-0.39, 0.29) is 11.7 Å². The minimum absolute atomic E-state index is 0.0257. The number of hydroxylamine groups is 2. The Kier molecular flexibility index (Phi) is 3.22. The van der Waals surface area contributed by atoms with Gasteiger partial charge in [0.05, 0.1) is 6.04 Å². The standard InChI is InChI=1S/C11H13N5O5/c17-9(7-4-21-5-12-7)13-14-10(18)8-2-1-6-3-15(8)11(19)16(6)20/h4-6,8,20H,1-3H2,(H,13,17)(H,14,18)/t6-,8+/m1/s1. The first kappa shape index (κ1) is 13.4. The van der Waals surface area contributed by atoms with Crippen molar-refractivity contribution in [2.75, 3.05) is 6.54 Å². The molecule has 0 saturated carbocycles. The molecule has 0 aromatic carbocycles. The molecule has 0 unspecified atom stereocenters. The highest BCUT2D eigenvalue weighted by Crippen LogP contribution is 2.28. The molecule has 1 aromatic rings. The number of carbonyl (C=O) groups excluding carboxylic acids is 3. The van der Waals surface area contributed by atoms with E-state index in [0.717, 1.165) is 12.7 Å². The van der Waals surface area contributed by atoms with Crippen molar-refractivity contribution in [2.24, 2.45) is 0 Å². The van der Waals surface area contributed by atoms with Crippen molar-refractivity contribution in [3.63, 3.8) is 0 Å². The molecule has 21 heavy (non-hydrogen) atoms. The number of piperidine rings is 1. The van der Waals surface area contributed by atoms with E-state index in [1.54, 1.807) is 0 Å². The van der Waals surface area contributed by atoms with Gasteiger partial charge in [-0.1, -0.05) is 0 Å². The number of fused-ring (bicyclic) bond motifs is 2. The Morgan fingerprint density at radius 2 is 2.19 bits per heavy atom. The van der Waals surface area contributed by atoms with Gasteiger partial charge in [0.1, 0.15) is 12.3 Å². The minimum atomic E-state index is -0.719. The van der Waals surface area contributed by atoms with E-state index in [1.165, 1.54) is 4.90 Å². The van der Waals surface area contributed by atoms with E-state index < -0.39 is 23.9 Å². The van der Waals surface area contributed by atoms with Crippen molar-refractivity contribution in [1.82, 2.24) is 25.8 Å². The van der Waals surface area contributed by atoms with Crippen molar-refractivity contribution in [3.05, 3.63) is 18.4 Å². The monoisotopic (exact) mass is 295 g/mol. The fraction of sp³-hybridized carbons (Fsp3) is 0.455. The average Bonchev–Trinajstić information content (AvgIpc) is 3.10. The van der Waals surface area contributed by atoms with Crippen LogP contribution in [0.3, 0.4) is 0 Å². The lowest BCUT2D eigenvalue weighted by Gasteiger charge is -2.29. The highest BCUT2D eigenvalue weighted by atomic mass is 16.5. The van der Waals surface area contributed by atoms with Crippen LogP contribution in [0.1, 0.15) is 23.3 Å². The molecular formula is C11H13N5O5. The lowest BCUT2D eigenvalue weighted by atomic mass is 10.0. The molecule has 4 amide bonds. The summed E-state index contributed by atoms with van der Waals surface area (Å²) in [6.07, 6.45) is 3.17. The fourth-order valence-corrected chi connectivity index (χ4v) is 2.51. The van der Waals surface area contributed by atoms with Gasteiger partial charge in [-0.05, 0) is 12.8 Å². The Hall–Kier alpha value is -2.62. The normalized spacial score (nSPS) is 24.1. The Morgan fingerprint density at radius 1 is 1.38 bits per heavy atom. The van der Waals surface area contributed by atoms with Crippen LogP contribution in [0.2, 0.25) is 0 Å². The molecule has 0 aliphatic carbocycles. The van der Waals surface area contributed by atoms with E-state index in [1.807, 2.05) is 0 Å². The number of hydrogen-bond donors (Lipinski definition) is 3. The largest absolute Gasteiger partial charge is 0.451 e. The van der Waals surface area contributed by atoms with Gasteiger partial charge >= 0.3 is 6.03 Å². The van der Waals surface area contributed by atoms with Gasteiger partial charge in [-0.15, -0.1) is 0 Å². The Morgan fingerprint density at radius 3 is 2.90 bits per heavy atom. The van der Waals surface area contributed by atoms with Crippen LogP contribution in [-0.2, 0) is 4.79 Å². The summed E-state index contributed by atoms with van der Waals surface area (Å²) in [5, 5.41) is 10.2. The lowest BCUT2D eigenvalue weighted by molar-refractivity contribution is -0.126. The highest BCUT2D eigenvalue weighted by molar-refractivity contribution is 5.94. The molecule has 3 rings (SSSR count). The van der Waals surface area contributed by atoms with Gasteiger partial charge in [-0.3, -0.25) is 25.6 Å². The quantitative estimate of drug-likeness (QED) is 0.479. The lowest BCUT2D eigenvalue weighted by Crippen LogP contribution is -2.54. The molecule has 10 heteroatoms. The van der Waals surface area contributed by atoms with E-state index in [9.17, 15) is 19.6 Å². The molecule has 2 bridgehead atoms. The van der Waals surface area contributed by atoms with Crippen molar-refractivity contribution >= 4 is 17.8 Å². The van der Waals surface area contributed by atoms with Gasteiger partial charge in [0.2, 0.25) is 0 Å². The number of hydrazine groups is 1. The van der Waals surface area contributed by atoms with Gasteiger partial charge in [0.25, 0.3) is 11.8 Å². The molecule has 2 fully saturated rings. The van der Waals surface area contributed by atoms with Crippen molar-refractivity contribution in [2.45, 2.75) is 24.9 Å². The van der Waals surface area contributed by atoms with Crippen LogP contribution in [0.25, 0.3) is 0 Å². The molecule has 2 atom stereocenters. The van der Waals surface area contributed by atoms with Crippen molar-refractivity contribution in [3.8, 4) is 0 Å². The topological polar surface area (TPSA) is 128 Å². The third kappa shape index (κ3) is 2.29. The van der Waals surface area contributed by atoms with Crippen LogP contribution in [0.15, 0.2) is 17.1 Å². The average molecular weight is 295 g/mol. The van der Waals surface area contributed by atoms with E-state index in [0.29, 0.717) is 24.4 Å². The first-order valence-corrected chi connectivity index (χ1v) is 6.35. The zero-order valence-electron chi connectivity index (χ0n) is 10.9. The van der Waals surface area contributed by atoms with Crippen LogP contribution >= 0.6 is 0 Å². The smallest absolute Gasteiger partial charge is 0.344 e. The number of amides is 4. The predicted octanol–water partition coefficient (Wildman–Crippen LogP) is -0.907. The maximum atomic E-state index is 12.0. The molecule has 0 spiro atoms. The number of aromatic nitrogens is 1. The van der Waals surface area contributed by atoms with Crippen LogP contribution in [-0.4, -0.2) is 56.6 Å². The summed E-state index contributed by atoms with van der Waals surface area (Å²) in [6, 6.07) is -1.59. The summed E-state index contributed by atoms with van der Waals surface area (Å²) >= 11 is 0. The molecular weight excluding hydrogens is 282 g/mol. The molecule has 112 valence electrons. The van der Waals surface area contributed by atoms with Gasteiger partial charge in [-0.2, -0.15) is 0 Å². The second-order valence-corrected chi connectivity index (χ2v) is 4.84. The molecule has 3 heterocycles. The maximum absolute atomic E-state index is 12.0. The van der Waals surface area contributed by atoms with E-state index >= 15 is 0 Å². The van der Waals surface area contributed by atoms with Gasteiger partial charge in [0.15, 0.2) is 12.1 Å². The zero-order valence-corrected chi connectivity index (χ0v) is 10.9. The Balaban J connectivity index is 1.59. The van der Waals surface area contributed by atoms with Crippen LogP contribution < -0.4 is 10.9 Å². The van der Waals surface area contributed by atoms with Crippen LogP contribution in [0.5, 0.6) is 0 Å². The van der Waals surface area contributed by atoms with Crippen LogP contribution in [0, 0.1) is 0 Å². The molecule has 2 aliphatic heterocycles. The van der Waals surface area contributed by atoms with Crippen LogP contribution in [0.4, 0.5) is 4.79 Å². The molecule has 1 aromatic heterocycles. The zero-order chi connectivity index (χ0) is 15.0. The molecule has 10 nitrogen and oxygen atoms in total. The third-order valence-corrected chi connectivity index (χ3v) is 3.61. The first-order valence-electron chi connectivity index (χ1n) is 6.35. The maximum Gasteiger partial charge on any atom is 0.344 e. The highest BCUT2D eigenvalue weighted by Gasteiger charge is 2.46. The Bertz CT molecular complexity index is 574. The third-order valence-electron chi connectivity index (χ3n) is 3.61. The molecule has 3 N–H and O–H groups in total. The first-order chi connectivity index (χ1) is 10.1. The van der Waals surface area contributed by atoms with Gasteiger partial charge in [-0.25, -0.2) is 14.8 Å². The van der Waals surface area contributed by atoms with Gasteiger partial charge < -0.3 is 9.32 Å². The number of carbonyl (C=O) groups is 3. The summed E-state index contributed by atoms with van der Waals surface area (Å²) in [5.74, 6) is -1.14. The van der Waals surface area contributed by atoms with E-state index in [4.69, 9.17) is 0 Å². The number of hydrogen-bond acceptors (Lipinski definition) is 6. The fourth-order valence-electron chi connectivity index (χ4n) is 2.51.